The Labute approximate surface area is 266 Å². The van der Waals surface area contributed by atoms with Gasteiger partial charge < -0.3 is 21.3 Å². The van der Waals surface area contributed by atoms with E-state index in [1.807, 2.05) is 24.3 Å². The third-order valence-electron chi connectivity index (χ3n) is 9.09. The molecule has 6 rings (SSSR count). The Kier molecular flexibility index (Phi) is 9.77. The number of aromatic nitrogens is 6. The molecule has 1 saturated heterocycles. The predicted octanol–water partition coefficient (Wildman–Crippen LogP) is 3.04. The second-order valence-electron chi connectivity index (χ2n) is 12.2. The Balaban J connectivity index is 1.16. The summed E-state index contributed by atoms with van der Waals surface area (Å²) in [6, 6.07) is 13.7. The number of rotatable bonds is 10. The maximum Gasteiger partial charge on any atom is 0.260 e. The van der Waals surface area contributed by atoms with Crippen LogP contribution in [0.5, 0.6) is 0 Å². The molecule has 2 fully saturated rings. The van der Waals surface area contributed by atoms with E-state index in [0.717, 1.165) is 68.3 Å². The van der Waals surface area contributed by atoms with Crippen LogP contribution in [0.15, 0.2) is 59.5 Å². The summed E-state index contributed by atoms with van der Waals surface area (Å²) in [5.41, 5.74) is 9.03. The number of nitrogens with one attached hydrogen (secondary N) is 4. The molecule has 3 heterocycles. The lowest BCUT2D eigenvalue weighted by molar-refractivity contribution is -0.130. The van der Waals surface area contributed by atoms with Crippen molar-refractivity contribution in [2.45, 2.75) is 57.4 Å². The van der Waals surface area contributed by atoms with Crippen molar-refractivity contribution in [1.29, 1.82) is 0 Å². The standard InChI is InChI=1S/C33H40N10O3/c34-19-22-6-10-25(11-7-22)30(44)37-28(32(46)36-26-14-12-24(13-15-26)29-39-41-42-40-29)18-21-4-8-23(9-5-21)27-20-35-33(38-31(27)45)43-16-2-1-3-17-43/h4-5,8-9,12-15,20,22,25,28H,1-3,6-7,10-11,16-19,34H2,(H,36,46)(H,37,44)(H,35,38,45)(H,39,40,41,42). The van der Waals surface area contributed by atoms with E-state index >= 15 is 0 Å². The molecular formula is C33H40N10O3. The van der Waals surface area contributed by atoms with Crippen molar-refractivity contribution in [3.05, 3.63) is 70.6 Å². The minimum atomic E-state index is -0.809. The topological polar surface area (TPSA) is 188 Å². The predicted molar refractivity (Wildman–Crippen MR) is 175 cm³/mol. The number of nitrogens with zero attached hydrogens (tertiary/aromatic N) is 5. The van der Waals surface area contributed by atoms with Crippen LogP contribution in [-0.4, -0.2) is 68.1 Å². The molecule has 1 aliphatic carbocycles. The van der Waals surface area contributed by atoms with Gasteiger partial charge in [-0.25, -0.2) is 4.98 Å². The molecule has 0 bridgehead atoms. The molecule has 2 aliphatic rings. The van der Waals surface area contributed by atoms with Crippen LogP contribution in [0.25, 0.3) is 22.5 Å². The largest absolute Gasteiger partial charge is 0.344 e. The number of hydrogen-bond donors (Lipinski definition) is 5. The number of hydrogen-bond acceptors (Lipinski definition) is 9. The second kappa shape index (κ2) is 14.5. The Morgan fingerprint density at radius 3 is 2.33 bits per heavy atom. The SMILES string of the molecule is NCC1CCC(C(=O)NC(Cc2ccc(-c3cnc(N4CCCCC4)[nH]c3=O)cc2)C(=O)Nc2ccc(-c3nn[nH]n3)cc2)CC1. The summed E-state index contributed by atoms with van der Waals surface area (Å²) in [5.74, 6) is 0.907. The lowest BCUT2D eigenvalue weighted by Crippen LogP contribution is -2.48. The summed E-state index contributed by atoms with van der Waals surface area (Å²) in [6.45, 7) is 2.41. The lowest BCUT2D eigenvalue weighted by atomic mass is 9.81. The van der Waals surface area contributed by atoms with Gasteiger partial charge in [0, 0.05) is 42.9 Å². The first-order chi connectivity index (χ1) is 22.5. The Hall–Kier alpha value is -4.91. The number of H-pyrrole nitrogens is 2. The van der Waals surface area contributed by atoms with Crippen LogP contribution in [0.4, 0.5) is 11.6 Å². The molecular weight excluding hydrogens is 584 g/mol. The van der Waals surface area contributed by atoms with Gasteiger partial charge in [0.2, 0.25) is 23.6 Å². The van der Waals surface area contributed by atoms with Crippen molar-refractivity contribution in [2.75, 3.05) is 29.9 Å². The zero-order valence-corrected chi connectivity index (χ0v) is 25.7. The van der Waals surface area contributed by atoms with E-state index in [0.29, 0.717) is 35.5 Å². The number of aromatic amines is 2. The summed E-state index contributed by atoms with van der Waals surface area (Å²) in [6.07, 6.45) is 8.62. The molecule has 1 saturated carbocycles. The number of anilines is 2. The van der Waals surface area contributed by atoms with E-state index < -0.39 is 6.04 Å². The van der Waals surface area contributed by atoms with Crippen molar-refractivity contribution in [3.63, 3.8) is 0 Å². The summed E-state index contributed by atoms with van der Waals surface area (Å²) in [5, 5.41) is 19.9. The molecule has 13 heteroatoms. The molecule has 6 N–H and O–H groups in total. The Morgan fingerprint density at radius 2 is 1.67 bits per heavy atom. The third-order valence-corrected chi connectivity index (χ3v) is 9.09. The van der Waals surface area contributed by atoms with E-state index in [-0.39, 0.29) is 29.7 Å². The zero-order valence-electron chi connectivity index (χ0n) is 25.7. The van der Waals surface area contributed by atoms with Crippen LogP contribution < -0.4 is 26.8 Å². The van der Waals surface area contributed by atoms with Crippen LogP contribution in [0.2, 0.25) is 0 Å². The number of nitrogens with two attached hydrogens (primary N) is 1. The lowest BCUT2D eigenvalue weighted by Gasteiger charge is -2.28. The molecule has 2 aromatic heterocycles. The van der Waals surface area contributed by atoms with Crippen molar-refractivity contribution < 1.29 is 9.59 Å². The van der Waals surface area contributed by atoms with Gasteiger partial charge in [0.1, 0.15) is 6.04 Å². The third kappa shape index (κ3) is 7.48. The van der Waals surface area contributed by atoms with Crippen molar-refractivity contribution >= 4 is 23.5 Å². The maximum atomic E-state index is 13.6. The molecule has 4 aromatic rings. The average molecular weight is 625 g/mol. The van der Waals surface area contributed by atoms with Crippen LogP contribution in [0.1, 0.15) is 50.5 Å². The average Bonchev–Trinajstić information content (AvgIpc) is 3.64. The van der Waals surface area contributed by atoms with Gasteiger partial charge in [-0.15, -0.1) is 10.2 Å². The van der Waals surface area contributed by atoms with Gasteiger partial charge in [-0.3, -0.25) is 19.4 Å². The summed E-state index contributed by atoms with van der Waals surface area (Å²) in [4.78, 5) is 49.5. The maximum absolute atomic E-state index is 13.6. The van der Waals surface area contributed by atoms with Crippen molar-refractivity contribution in [2.24, 2.45) is 17.6 Å². The van der Waals surface area contributed by atoms with Crippen LogP contribution in [0.3, 0.4) is 0 Å². The molecule has 1 aliphatic heterocycles. The van der Waals surface area contributed by atoms with E-state index in [4.69, 9.17) is 5.73 Å². The van der Waals surface area contributed by atoms with E-state index in [9.17, 15) is 14.4 Å². The smallest absolute Gasteiger partial charge is 0.260 e. The highest BCUT2D eigenvalue weighted by atomic mass is 16.2. The van der Waals surface area contributed by atoms with Crippen molar-refractivity contribution in [3.8, 4) is 22.5 Å². The summed E-state index contributed by atoms with van der Waals surface area (Å²) < 4.78 is 0. The van der Waals surface area contributed by atoms with Gasteiger partial charge in [0.15, 0.2) is 0 Å². The van der Waals surface area contributed by atoms with Gasteiger partial charge >= 0.3 is 0 Å². The first kappa shape index (κ1) is 31.1. The number of amides is 2. The van der Waals surface area contributed by atoms with E-state index in [1.54, 1.807) is 30.5 Å². The highest BCUT2D eigenvalue weighted by Gasteiger charge is 2.29. The first-order valence-electron chi connectivity index (χ1n) is 16.1. The van der Waals surface area contributed by atoms with Gasteiger partial charge in [0.05, 0.1) is 5.56 Å². The zero-order chi connectivity index (χ0) is 31.9. The molecule has 1 unspecified atom stereocenters. The highest BCUT2D eigenvalue weighted by Crippen LogP contribution is 2.28. The first-order valence-corrected chi connectivity index (χ1v) is 16.1. The fourth-order valence-corrected chi connectivity index (χ4v) is 6.29. The molecule has 2 aromatic carbocycles. The molecule has 1 atom stereocenters. The molecule has 240 valence electrons. The molecule has 2 amide bonds. The molecule has 13 nitrogen and oxygen atoms in total. The number of piperidine rings is 1. The quantitative estimate of drug-likeness (QED) is 0.177. The highest BCUT2D eigenvalue weighted by molar-refractivity contribution is 5.97. The number of carbonyl (C=O) groups excluding carboxylic acids is 2. The fraction of sp³-hybridized carbons (Fsp3) is 0.424. The van der Waals surface area contributed by atoms with Gasteiger partial charge in [-0.05, 0) is 98.0 Å². The molecule has 0 radical (unpaired) electrons. The molecule has 0 spiro atoms. The number of carbonyl (C=O) groups is 2. The number of tetrazole rings is 1. The Morgan fingerprint density at radius 1 is 0.957 bits per heavy atom. The Bertz CT molecular complexity index is 1660. The van der Waals surface area contributed by atoms with Crippen LogP contribution in [-0.2, 0) is 16.0 Å². The van der Waals surface area contributed by atoms with E-state index in [1.165, 1.54) is 6.42 Å². The van der Waals surface area contributed by atoms with Crippen LogP contribution >= 0.6 is 0 Å². The number of benzene rings is 2. The van der Waals surface area contributed by atoms with Gasteiger partial charge in [-0.2, -0.15) is 5.21 Å². The molecule has 46 heavy (non-hydrogen) atoms. The van der Waals surface area contributed by atoms with Crippen molar-refractivity contribution in [1.82, 2.24) is 35.9 Å². The van der Waals surface area contributed by atoms with Crippen LogP contribution in [0, 0.1) is 11.8 Å². The monoisotopic (exact) mass is 624 g/mol. The second-order valence-corrected chi connectivity index (χ2v) is 12.2. The minimum absolute atomic E-state index is 0.119. The summed E-state index contributed by atoms with van der Waals surface area (Å²) >= 11 is 0. The fourth-order valence-electron chi connectivity index (χ4n) is 6.29. The minimum Gasteiger partial charge on any atom is -0.344 e. The van der Waals surface area contributed by atoms with Gasteiger partial charge in [0.25, 0.3) is 5.56 Å². The van der Waals surface area contributed by atoms with Gasteiger partial charge in [-0.1, -0.05) is 24.3 Å². The van der Waals surface area contributed by atoms with E-state index in [2.05, 4.69) is 46.1 Å². The summed E-state index contributed by atoms with van der Waals surface area (Å²) in [7, 11) is 0. The normalized spacial score (nSPS) is 18.9.